The third kappa shape index (κ3) is 4.04. The lowest BCUT2D eigenvalue weighted by Gasteiger charge is -2.08. The molecule has 0 fully saturated rings. The standard InChI is InChI=1S/C21H16N4O3/c26-20(15-7-6-12-22-13-15)23-18-11-5-4-10-17(18)21-24-19(25-28-21)14-27-16-8-2-1-3-9-16/h1-13H,14H2,(H,23,26). The molecule has 2 aromatic carbocycles. The van der Waals surface area contributed by atoms with Crippen LogP contribution in [0, 0.1) is 0 Å². The van der Waals surface area contributed by atoms with Gasteiger partial charge in [0, 0.05) is 12.4 Å². The second-order valence-corrected chi connectivity index (χ2v) is 5.86. The van der Waals surface area contributed by atoms with Gasteiger partial charge < -0.3 is 14.6 Å². The van der Waals surface area contributed by atoms with Gasteiger partial charge in [-0.05, 0) is 36.4 Å². The van der Waals surface area contributed by atoms with Gasteiger partial charge in [-0.2, -0.15) is 4.98 Å². The molecule has 0 atom stereocenters. The van der Waals surface area contributed by atoms with Crippen molar-refractivity contribution in [2.24, 2.45) is 0 Å². The van der Waals surface area contributed by atoms with Crippen molar-refractivity contribution in [3.05, 3.63) is 90.5 Å². The second-order valence-electron chi connectivity index (χ2n) is 5.86. The first-order valence-electron chi connectivity index (χ1n) is 8.61. The lowest BCUT2D eigenvalue weighted by atomic mass is 10.1. The van der Waals surface area contributed by atoms with E-state index in [-0.39, 0.29) is 12.5 Å². The average molecular weight is 372 g/mol. The lowest BCUT2D eigenvalue weighted by molar-refractivity contribution is 0.102. The predicted molar refractivity (Wildman–Crippen MR) is 103 cm³/mol. The molecule has 1 amide bonds. The molecule has 2 aromatic heterocycles. The fourth-order valence-electron chi connectivity index (χ4n) is 2.56. The monoisotopic (exact) mass is 372 g/mol. The predicted octanol–water partition coefficient (Wildman–Crippen LogP) is 3.96. The van der Waals surface area contributed by atoms with E-state index in [0.717, 1.165) is 5.75 Å². The van der Waals surface area contributed by atoms with E-state index in [1.165, 1.54) is 6.20 Å². The van der Waals surface area contributed by atoms with Crippen LogP contribution in [0.4, 0.5) is 5.69 Å². The third-order valence-electron chi connectivity index (χ3n) is 3.91. The summed E-state index contributed by atoms with van der Waals surface area (Å²) in [6.45, 7) is 0.178. The molecule has 0 saturated heterocycles. The van der Waals surface area contributed by atoms with Crippen LogP contribution in [-0.4, -0.2) is 21.0 Å². The molecule has 0 spiro atoms. The Morgan fingerprint density at radius 1 is 1.00 bits per heavy atom. The quantitative estimate of drug-likeness (QED) is 0.551. The minimum Gasteiger partial charge on any atom is -0.485 e. The molecule has 0 bridgehead atoms. The second kappa shape index (κ2) is 8.13. The molecule has 0 unspecified atom stereocenters. The van der Waals surface area contributed by atoms with Gasteiger partial charge in [0.2, 0.25) is 5.82 Å². The Hall–Kier alpha value is -4.00. The number of aromatic nitrogens is 3. The Morgan fingerprint density at radius 3 is 2.64 bits per heavy atom. The molecule has 0 aliphatic carbocycles. The van der Waals surface area contributed by atoms with Crippen LogP contribution < -0.4 is 10.1 Å². The maximum Gasteiger partial charge on any atom is 0.260 e. The summed E-state index contributed by atoms with van der Waals surface area (Å²) in [5, 5.41) is 6.81. The zero-order valence-electron chi connectivity index (χ0n) is 14.8. The van der Waals surface area contributed by atoms with Crippen LogP contribution in [0.2, 0.25) is 0 Å². The van der Waals surface area contributed by atoms with E-state index < -0.39 is 0 Å². The zero-order valence-corrected chi connectivity index (χ0v) is 14.8. The van der Waals surface area contributed by atoms with E-state index in [1.54, 1.807) is 30.5 Å². The van der Waals surface area contributed by atoms with Crippen molar-refractivity contribution >= 4 is 11.6 Å². The number of hydrogen-bond donors (Lipinski definition) is 1. The molecule has 0 aliphatic heterocycles. The van der Waals surface area contributed by atoms with Crippen LogP contribution in [-0.2, 0) is 6.61 Å². The van der Waals surface area contributed by atoms with Crippen molar-refractivity contribution in [1.82, 2.24) is 15.1 Å². The van der Waals surface area contributed by atoms with Crippen LogP contribution in [0.5, 0.6) is 5.75 Å². The van der Waals surface area contributed by atoms with E-state index in [4.69, 9.17) is 9.26 Å². The van der Waals surface area contributed by atoms with Crippen molar-refractivity contribution in [1.29, 1.82) is 0 Å². The Bertz CT molecular complexity index is 1070. The molecular formula is C21H16N4O3. The van der Waals surface area contributed by atoms with Gasteiger partial charge in [0.15, 0.2) is 6.61 Å². The van der Waals surface area contributed by atoms with E-state index in [0.29, 0.717) is 28.5 Å². The Morgan fingerprint density at radius 2 is 1.82 bits per heavy atom. The number of ether oxygens (including phenoxy) is 1. The molecule has 0 radical (unpaired) electrons. The first-order valence-corrected chi connectivity index (χ1v) is 8.61. The van der Waals surface area contributed by atoms with Gasteiger partial charge in [-0.3, -0.25) is 9.78 Å². The molecule has 28 heavy (non-hydrogen) atoms. The molecule has 7 nitrogen and oxygen atoms in total. The van der Waals surface area contributed by atoms with Gasteiger partial charge in [-0.1, -0.05) is 35.5 Å². The maximum atomic E-state index is 12.4. The molecular weight excluding hydrogens is 356 g/mol. The highest BCUT2D eigenvalue weighted by Crippen LogP contribution is 2.27. The highest BCUT2D eigenvalue weighted by Gasteiger charge is 2.15. The van der Waals surface area contributed by atoms with Crippen LogP contribution in [0.15, 0.2) is 83.6 Å². The molecule has 7 heteroatoms. The topological polar surface area (TPSA) is 90.1 Å². The smallest absolute Gasteiger partial charge is 0.260 e. The number of nitrogens with one attached hydrogen (secondary N) is 1. The Balaban J connectivity index is 1.50. The SMILES string of the molecule is O=C(Nc1ccccc1-c1nc(COc2ccccc2)no1)c1cccnc1. The number of rotatable bonds is 6. The van der Waals surface area contributed by atoms with Crippen molar-refractivity contribution in [2.45, 2.75) is 6.61 Å². The fraction of sp³-hybridized carbons (Fsp3) is 0.0476. The molecule has 0 saturated carbocycles. The van der Waals surface area contributed by atoms with E-state index in [2.05, 4.69) is 20.4 Å². The summed E-state index contributed by atoms with van der Waals surface area (Å²) in [4.78, 5) is 20.8. The molecule has 2 heterocycles. The van der Waals surface area contributed by atoms with Crippen LogP contribution in [0.25, 0.3) is 11.5 Å². The summed E-state index contributed by atoms with van der Waals surface area (Å²) in [6.07, 6.45) is 3.12. The Labute approximate surface area is 161 Å². The molecule has 4 aromatic rings. The van der Waals surface area contributed by atoms with Gasteiger partial charge in [0.05, 0.1) is 16.8 Å². The summed E-state index contributed by atoms with van der Waals surface area (Å²) in [7, 11) is 0. The summed E-state index contributed by atoms with van der Waals surface area (Å²) in [6, 6.07) is 20.0. The number of nitrogens with zero attached hydrogens (tertiary/aromatic N) is 3. The molecule has 0 aliphatic rings. The number of hydrogen-bond acceptors (Lipinski definition) is 6. The molecule has 1 N–H and O–H groups in total. The number of carbonyl (C=O) groups is 1. The normalized spacial score (nSPS) is 10.4. The number of benzene rings is 2. The summed E-state index contributed by atoms with van der Waals surface area (Å²) in [5.41, 5.74) is 1.65. The van der Waals surface area contributed by atoms with Crippen molar-refractivity contribution in [3.8, 4) is 17.2 Å². The Kier molecular flexibility index (Phi) is 5.06. The molecule has 138 valence electrons. The van der Waals surface area contributed by atoms with Crippen molar-refractivity contribution in [3.63, 3.8) is 0 Å². The first-order chi connectivity index (χ1) is 13.8. The van der Waals surface area contributed by atoms with Crippen molar-refractivity contribution < 1.29 is 14.1 Å². The van der Waals surface area contributed by atoms with Gasteiger partial charge in [0.25, 0.3) is 11.8 Å². The average Bonchev–Trinajstić information content (AvgIpc) is 3.23. The zero-order chi connectivity index (χ0) is 19.2. The highest BCUT2D eigenvalue weighted by molar-refractivity contribution is 6.05. The van der Waals surface area contributed by atoms with Gasteiger partial charge >= 0.3 is 0 Å². The number of para-hydroxylation sites is 2. The largest absolute Gasteiger partial charge is 0.485 e. The van der Waals surface area contributed by atoms with Gasteiger partial charge in [0.1, 0.15) is 5.75 Å². The third-order valence-corrected chi connectivity index (χ3v) is 3.91. The minimum atomic E-state index is -0.271. The lowest BCUT2D eigenvalue weighted by Crippen LogP contribution is -2.12. The van der Waals surface area contributed by atoms with Crippen LogP contribution in [0.1, 0.15) is 16.2 Å². The van der Waals surface area contributed by atoms with E-state index in [1.807, 2.05) is 42.5 Å². The summed E-state index contributed by atoms with van der Waals surface area (Å²) < 4.78 is 11.0. The van der Waals surface area contributed by atoms with Gasteiger partial charge in [-0.15, -0.1) is 0 Å². The highest BCUT2D eigenvalue weighted by atomic mass is 16.5. The number of anilines is 1. The molecule has 4 rings (SSSR count). The number of pyridine rings is 1. The number of carbonyl (C=O) groups excluding carboxylic acids is 1. The van der Waals surface area contributed by atoms with E-state index >= 15 is 0 Å². The van der Waals surface area contributed by atoms with Crippen molar-refractivity contribution in [2.75, 3.05) is 5.32 Å². The first kappa shape index (κ1) is 17.4. The minimum absolute atomic E-state index is 0.178. The van der Waals surface area contributed by atoms with Gasteiger partial charge in [-0.25, -0.2) is 0 Å². The summed E-state index contributed by atoms with van der Waals surface area (Å²) in [5.74, 6) is 1.16. The number of amides is 1. The summed E-state index contributed by atoms with van der Waals surface area (Å²) >= 11 is 0. The van der Waals surface area contributed by atoms with Crippen LogP contribution in [0.3, 0.4) is 0 Å². The van der Waals surface area contributed by atoms with E-state index in [9.17, 15) is 4.79 Å². The van der Waals surface area contributed by atoms with Crippen LogP contribution >= 0.6 is 0 Å². The maximum absolute atomic E-state index is 12.4. The fourth-order valence-corrected chi connectivity index (χ4v) is 2.56.